The van der Waals surface area contributed by atoms with Crippen molar-refractivity contribution in [1.82, 2.24) is 14.5 Å². The van der Waals surface area contributed by atoms with Crippen LogP contribution in [0.4, 0.5) is 5.95 Å². The van der Waals surface area contributed by atoms with Crippen molar-refractivity contribution in [2.45, 2.75) is 6.42 Å². The highest BCUT2D eigenvalue weighted by molar-refractivity contribution is 5.85. The van der Waals surface area contributed by atoms with Crippen LogP contribution in [0.3, 0.4) is 0 Å². The lowest BCUT2D eigenvalue weighted by atomic mass is 10.3. The zero-order chi connectivity index (χ0) is 13.2. The fourth-order valence-corrected chi connectivity index (χ4v) is 2.68. The van der Waals surface area contributed by atoms with Crippen LogP contribution in [-0.4, -0.2) is 47.7 Å². The van der Waals surface area contributed by atoms with E-state index in [2.05, 4.69) is 40.1 Å². The number of rotatable bonds is 2. The summed E-state index contributed by atoms with van der Waals surface area (Å²) in [5, 5.41) is 0. The fourth-order valence-electron chi connectivity index (χ4n) is 2.68. The van der Waals surface area contributed by atoms with E-state index in [-0.39, 0.29) is 24.8 Å². The number of hydrogen-bond donors (Lipinski definition) is 0. The highest BCUT2D eigenvalue weighted by Gasteiger charge is 2.18. The van der Waals surface area contributed by atoms with Crippen molar-refractivity contribution in [2.24, 2.45) is 0 Å². The van der Waals surface area contributed by atoms with E-state index in [1.165, 1.54) is 6.42 Å². The molecule has 21 heavy (non-hydrogen) atoms. The molecule has 2 heterocycles. The van der Waals surface area contributed by atoms with Crippen LogP contribution in [0.1, 0.15) is 6.42 Å². The van der Waals surface area contributed by atoms with Gasteiger partial charge in [0.25, 0.3) is 0 Å². The highest BCUT2D eigenvalue weighted by atomic mass is 35.5. The molecule has 0 radical (unpaired) electrons. The van der Waals surface area contributed by atoms with Crippen LogP contribution in [0.5, 0.6) is 0 Å². The number of nitrogens with zero attached hydrogens (tertiary/aromatic N) is 4. The summed E-state index contributed by atoms with van der Waals surface area (Å²) in [5.74, 6) is 1.02. The first-order chi connectivity index (χ1) is 9.29. The molecule has 1 aliphatic heterocycles. The van der Waals surface area contributed by atoms with Gasteiger partial charge in [0.15, 0.2) is 0 Å². The third kappa shape index (κ3) is 3.51. The SMILES string of the molecule is C=Cn1c(N2CCCN(C)CC2)nc2ccccc21.Cl.Cl. The van der Waals surface area contributed by atoms with Crippen LogP contribution in [-0.2, 0) is 0 Å². The van der Waals surface area contributed by atoms with Crippen molar-refractivity contribution in [3.8, 4) is 0 Å². The predicted molar refractivity (Wildman–Crippen MR) is 94.9 cm³/mol. The Kier molecular flexibility index (Phi) is 6.52. The maximum Gasteiger partial charge on any atom is 0.210 e. The molecule has 1 aliphatic rings. The van der Waals surface area contributed by atoms with E-state index >= 15 is 0 Å². The smallest absolute Gasteiger partial charge is 0.210 e. The number of imidazole rings is 1. The summed E-state index contributed by atoms with van der Waals surface area (Å²) in [4.78, 5) is 9.52. The van der Waals surface area contributed by atoms with Crippen molar-refractivity contribution in [3.05, 3.63) is 30.8 Å². The lowest BCUT2D eigenvalue weighted by molar-refractivity contribution is 0.360. The number of hydrogen-bond acceptors (Lipinski definition) is 3. The lowest BCUT2D eigenvalue weighted by Crippen LogP contribution is -2.30. The van der Waals surface area contributed by atoms with Crippen LogP contribution >= 0.6 is 24.8 Å². The van der Waals surface area contributed by atoms with Gasteiger partial charge in [-0.2, -0.15) is 0 Å². The number of halogens is 2. The average molecular weight is 329 g/mol. The Morgan fingerprint density at radius 3 is 2.62 bits per heavy atom. The molecule has 0 spiro atoms. The standard InChI is InChI=1S/C15H20N4.2ClH/c1-3-19-14-8-5-4-7-13(14)16-15(19)18-10-6-9-17(2)11-12-18;;/h3-5,7-8H,1,6,9-12H2,2H3;2*1H. The van der Waals surface area contributed by atoms with E-state index in [0.29, 0.717) is 0 Å². The Labute approximate surface area is 138 Å². The van der Waals surface area contributed by atoms with Gasteiger partial charge in [-0.1, -0.05) is 18.7 Å². The first kappa shape index (κ1) is 17.8. The summed E-state index contributed by atoms with van der Waals surface area (Å²) in [6.07, 6.45) is 3.04. The van der Waals surface area contributed by atoms with Crippen LogP contribution in [0.15, 0.2) is 30.8 Å². The van der Waals surface area contributed by atoms with E-state index in [1.807, 2.05) is 18.3 Å². The molecule has 3 rings (SSSR count). The first-order valence-electron chi connectivity index (χ1n) is 6.82. The van der Waals surface area contributed by atoms with Crippen molar-refractivity contribution in [1.29, 1.82) is 0 Å². The van der Waals surface area contributed by atoms with Crippen LogP contribution in [0.25, 0.3) is 17.2 Å². The minimum Gasteiger partial charge on any atom is -0.341 e. The minimum absolute atomic E-state index is 0. The zero-order valence-electron chi connectivity index (χ0n) is 12.2. The Morgan fingerprint density at radius 1 is 1.10 bits per heavy atom. The molecule has 116 valence electrons. The Bertz CT molecular complexity index is 596. The van der Waals surface area contributed by atoms with E-state index in [4.69, 9.17) is 4.98 Å². The second-order valence-electron chi connectivity index (χ2n) is 5.10. The number of benzene rings is 1. The van der Waals surface area contributed by atoms with Crippen molar-refractivity contribution >= 4 is 48.0 Å². The third-order valence-corrected chi connectivity index (χ3v) is 3.76. The molecular weight excluding hydrogens is 307 g/mol. The maximum atomic E-state index is 4.77. The van der Waals surface area contributed by atoms with Gasteiger partial charge in [-0.15, -0.1) is 24.8 Å². The van der Waals surface area contributed by atoms with E-state index in [1.54, 1.807) is 0 Å². The van der Waals surface area contributed by atoms with Crippen LogP contribution < -0.4 is 4.90 Å². The summed E-state index contributed by atoms with van der Waals surface area (Å²) >= 11 is 0. The summed E-state index contributed by atoms with van der Waals surface area (Å²) < 4.78 is 2.10. The van der Waals surface area contributed by atoms with Gasteiger partial charge in [0.1, 0.15) is 0 Å². The van der Waals surface area contributed by atoms with Crippen molar-refractivity contribution < 1.29 is 0 Å². The topological polar surface area (TPSA) is 24.3 Å². The fraction of sp³-hybridized carbons (Fsp3) is 0.400. The number of para-hydroxylation sites is 2. The Hall–Kier alpha value is -1.23. The average Bonchev–Trinajstić information content (AvgIpc) is 2.67. The molecular formula is C15H22Cl2N4. The second kappa shape index (κ2) is 7.69. The van der Waals surface area contributed by atoms with Crippen molar-refractivity contribution in [3.63, 3.8) is 0 Å². The Balaban J connectivity index is 0.00000110. The molecule has 0 amide bonds. The molecule has 1 fully saturated rings. The summed E-state index contributed by atoms with van der Waals surface area (Å²) in [6.45, 7) is 8.25. The van der Waals surface area contributed by atoms with Gasteiger partial charge < -0.3 is 9.80 Å². The first-order valence-corrected chi connectivity index (χ1v) is 6.82. The number of aromatic nitrogens is 2. The summed E-state index contributed by atoms with van der Waals surface area (Å²) in [6, 6.07) is 8.23. The zero-order valence-corrected chi connectivity index (χ0v) is 13.9. The molecule has 6 heteroatoms. The van der Waals surface area contributed by atoms with Crippen LogP contribution in [0.2, 0.25) is 0 Å². The molecule has 0 atom stereocenters. The van der Waals surface area contributed by atoms with Gasteiger partial charge in [-0.25, -0.2) is 4.98 Å². The monoisotopic (exact) mass is 328 g/mol. The van der Waals surface area contributed by atoms with Gasteiger partial charge in [-0.05, 0) is 32.1 Å². The largest absolute Gasteiger partial charge is 0.341 e. The van der Waals surface area contributed by atoms with Gasteiger partial charge in [-0.3, -0.25) is 4.57 Å². The van der Waals surface area contributed by atoms with Gasteiger partial charge in [0, 0.05) is 25.8 Å². The molecule has 0 saturated carbocycles. The van der Waals surface area contributed by atoms with Crippen molar-refractivity contribution in [2.75, 3.05) is 38.1 Å². The predicted octanol–water partition coefficient (Wildman–Crippen LogP) is 3.12. The molecule has 2 aromatic rings. The molecule has 0 bridgehead atoms. The summed E-state index contributed by atoms with van der Waals surface area (Å²) in [7, 11) is 2.18. The summed E-state index contributed by atoms with van der Waals surface area (Å²) in [5.41, 5.74) is 2.17. The quantitative estimate of drug-likeness (QED) is 0.846. The molecule has 0 unspecified atom stereocenters. The molecule has 0 N–H and O–H groups in total. The van der Waals surface area contributed by atoms with Gasteiger partial charge in [0.05, 0.1) is 11.0 Å². The Morgan fingerprint density at radius 2 is 1.86 bits per heavy atom. The molecule has 4 nitrogen and oxygen atoms in total. The number of fused-ring (bicyclic) bond motifs is 1. The normalized spacial score (nSPS) is 16.0. The van der Waals surface area contributed by atoms with Crippen LogP contribution in [0, 0.1) is 0 Å². The lowest BCUT2D eigenvalue weighted by Gasteiger charge is -2.21. The number of likely N-dealkylation sites (N-methyl/N-ethyl adjacent to an activating group) is 1. The molecule has 1 aromatic carbocycles. The van der Waals surface area contributed by atoms with Gasteiger partial charge >= 0.3 is 0 Å². The second-order valence-corrected chi connectivity index (χ2v) is 5.10. The van der Waals surface area contributed by atoms with E-state index in [0.717, 1.165) is 43.2 Å². The maximum absolute atomic E-state index is 4.77. The minimum atomic E-state index is 0. The third-order valence-electron chi connectivity index (χ3n) is 3.76. The van der Waals surface area contributed by atoms with E-state index < -0.39 is 0 Å². The number of anilines is 1. The van der Waals surface area contributed by atoms with E-state index in [9.17, 15) is 0 Å². The highest BCUT2D eigenvalue weighted by Crippen LogP contribution is 2.23. The molecule has 0 aliphatic carbocycles. The molecule has 1 aromatic heterocycles. The van der Waals surface area contributed by atoms with Gasteiger partial charge in [0.2, 0.25) is 5.95 Å². The molecule has 1 saturated heterocycles.